The molecule has 0 spiro atoms. The van der Waals surface area contributed by atoms with Crippen molar-refractivity contribution in [3.05, 3.63) is 35.4 Å². The van der Waals surface area contributed by atoms with Gasteiger partial charge in [-0.1, -0.05) is 24.3 Å². The number of carbonyl (C=O) groups excluding carboxylic acids is 2. The van der Waals surface area contributed by atoms with Gasteiger partial charge in [0.1, 0.15) is 6.10 Å². The summed E-state index contributed by atoms with van der Waals surface area (Å²) in [7, 11) is 2.93. The van der Waals surface area contributed by atoms with Crippen LogP contribution in [0.15, 0.2) is 24.3 Å². The molecule has 0 unspecified atom stereocenters. The van der Waals surface area contributed by atoms with E-state index in [2.05, 4.69) is 0 Å². The highest BCUT2D eigenvalue weighted by Gasteiger charge is 2.85. The van der Waals surface area contributed by atoms with Crippen molar-refractivity contribution in [3.8, 4) is 0 Å². The first-order valence-electron chi connectivity index (χ1n) is 6.97. The molecule has 0 amide bonds. The first-order chi connectivity index (χ1) is 10.0. The van der Waals surface area contributed by atoms with E-state index in [0.717, 1.165) is 0 Å². The van der Waals surface area contributed by atoms with Crippen molar-refractivity contribution in [2.45, 2.75) is 18.8 Å². The first-order valence-corrected chi connectivity index (χ1v) is 6.97. The SMILES string of the molecule is COC(=O)[C@@]1(C)[C@@H]2[C@@H]3O[C@@](OC)(c4ccccc4C3=O)[C@@H]21. The summed E-state index contributed by atoms with van der Waals surface area (Å²) in [5.74, 6) is -1.79. The second-order valence-electron chi connectivity index (χ2n) is 6.10. The van der Waals surface area contributed by atoms with Crippen molar-refractivity contribution in [1.29, 1.82) is 0 Å². The van der Waals surface area contributed by atoms with Gasteiger partial charge >= 0.3 is 5.97 Å². The molecule has 3 aliphatic rings. The normalized spacial score (nSPS) is 42.2. The lowest BCUT2D eigenvalue weighted by atomic mass is 9.86. The highest BCUT2D eigenvalue weighted by atomic mass is 16.7. The molecule has 5 nitrogen and oxygen atoms in total. The average molecular weight is 288 g/mol. The van der Waals surface area contributed by atoms with Crippen LogP contribution in [0, 0.1) is 17.3 Å². The van der Waals surface area contributed by atoms with Crippen molar-refractivity contribution in [2.75, 3.05) is 14.2 Å². The fourth-order valence-corrected chi connectivity index (χ4v) is 4.37. The number of hydrogen-bond donors (Lipinski definition) is 0. The highest BCUT2D eigenvalue weighted by molar-refractivity contribution is 6.04. The number of benzene rings is 1. The van der Waals surface area contributed by atoms with E-state index in [1.54, 1.807) is 13.2 Å². The van der Waals surface area contributed by atoms with Gasteiger partial charge in [0, 0.05) is 30.1 Å². The molecular weight excluding hydrogens is 272 g/mol. The summed E-state index contributed by atoms with van der Waals surface area (Å²) in [4.78, 5) is 24.8. The fourth-order valence-electron chi connectivity index (χ4n) is 4.37. The quantitative estimate of drug-likeness (QED) is 0.772. The third kappa shape index (κ3) is 1.21. The number of ether oxygens (including phenoxy) is 3. The molecule has 0 aromatic heterocycles. The molecule has 0 radical (unpaired) electrons. The monoisotopic (exact) mass is 288 g/mol. The largest absolute Gasteiger partial charge is 0.469 e. The number of hydrogen-bond acceptors (Lipinski definition) is 5. The smallest absolute Gasteiger partial charge is 0.312 e. The van der Waals surface area contributed by atoms with E-state index >= 15 is 0 Å². The number of carbonyl (C=O) groups is 2. The van der Waals surface area contributed by atoms with Gasteiger partial charge in [-0.15, -0.1) is 0 Å². The third-order valence-corrected chi connectivity index (χ3v) is 5.38. The zero-order chi connectivity index (χ0) is 15.0. The number of Topliss-reactive ketones (excluding diaryl/α,β-unsaturated/α-hetero) is 1. The number of rotatable bonds is 2. The maximum atomic E-state index is 12.6. The van der Waals surface area contributed by atoms with Gasteiger partial charge in [0.05, 0.1) is 12.5 Å². The van der Waals surface area contributed by atoms with Gasteiger partial charge in [0.15, 0.2) is 5.78 Å². The lowest BCUT2D eigenvalue weighted by molar-refractivity contribution is -0.249. The molecular formula is C16H16O5. The van der Waals surface area contributed by atoms with E-state index in [-0.39, 0.29) is 23.6 Å². The number of methoxy groups -OCH3 is 2. The van der Waals surface area contributed by atoms with E-state index in [1.165, 1.54) is 7.11 Å². The second-order valence-corrected chi connectivity index (χ2v) is 6.10. The van der Waals surface area contributed by atoms with Crippen LogP contribution in [0.2, 0.25) is 0 Å². The number of fused-ring (bicyclic) bond motifs is 7. The molecule has 2 bridgehead atoms. The standard InChI is InChI=1S/C16H16O5/c1-15(14(18)19-2)10-12-11(17)8-6-4-5-7-9(8)16(20-3,21-12)13(10)15/h4-7,10,12-13H,1-3H3/t10-,12+,13+,15+,16+/m1/s1. The molecule has 1 saturated carbocycles. The molecule has 2 fully saturated rings. The van der Waals surface area contributed by atoms with E-state index in [9.17, 15) is 9.59 Å². The zero-order valence-electron chi connectivity index (χ0n) is 12.1. The summed E-state index contributed by atoms with van der Waals surface area (Å²) in [6, 6.07) is 7.31. The summed E-state index contributed by atoms with van der Waals surface area (Å²) in [6.07, 6.45) is -0.631. The van der Waals surface area contributed by atoms with Crippen molar-refractivity contribution < 1.29 is 23.8 Å². The second kappa shape index (κ2) is 3.72. The lowest BCUT2D eigenvalue weighted by Crippen LogP contribution is -2.46. The van der Waals surface area contributed by atoms with Crippen LogP contribution in [0.1, 0.15) is 22.8 Å². The predicted molar refractivity (Wildman–Crippen MR) is 71.4 cm³/mol. The topological polar surface area (TPSA) is 61.8 Å². The molecule has 1 aliphatic carbocycles. The van der Waals surface area contributed by atoms with Gasteiger partial charge in [-0.25, -0.2) is 0 Å². The average Bonchev–Trinajstić information content (AvgIpc) is 3.02. The van der Waals surface area contributed by atoms with Crippen LogP contribution in [0.25, 0.3) is 0 Å². The summed E-state index contributed by atoms with van der Waals surface area (Å²) in [5.41, 5.74) is 0.625. The van der Waals surface area contributed by atoms with Crippen molar-refractivity contribution in [3.63, 3.8) is 0 Å². The van der Waals surface area contributed by atoms with E-state index in [4.69, 9.17) is 14.2 Å². The maximum absolute atomic E-state index is 12.6. The van der Waals surface area contributed by atoms with Crippen molar-refractivity contribution in [2.24, 2.45) is 17.3 Å². The van der Waals surface area contributed by atoms with Crippen molar-refractivity contribution in [1.82, 2.24) is 0 Å². The van der Waals surface area contributed by atoms with Gasteiger partial charge in [0.25, 0.3) is 0 Å². The summed E-state index contributed by atoms with van der Waals surface area (Å²) >= 11 is 0. The molecule has 4 rings (SSSR count). The van der Waals surface area contributed by atoms with E-state index in [1.807, 2.05) is 25.1 Å². The molecule has 1 saturated heterocycles. The van der Waals surface area contributed by atoms with Crippen LogP contribution in [0.5, 0.6) is 0 Å². The van der Waals surface area contributed by atoms with E-state index in [0.29, 0.717) is 11.1 Å². The van der Waals surface area contributed by atoms with Crippen LogP contribution in [-0.2, 0) is 24.8 Å². The Kier molecular flexibility index (Phi) is 2.30. The maximum Gasteiger partial charge on any atom is 0.312 e. The Morgan fingerprint density at radius 3 is 2.67 bits per heavy atom. The van der Waals surface area contributed by atoms with Gasteiger partial charge in [-0.3, -0.25) is 9.59 Å². The molecule has 5 heteroatoms. The summed E-state index contributed by atoms with van der Waals surface area (Å²) in [6.45, 7) is 1.83. The minimum atomic E-state index is -1.03. The molecule has 2 aliphatic heterocycles. The minimum absolute atomic E-state index is 0.0709. The van der Waals surface area contributed by atoms with Crippen LogP contribution in [0.3, 0.4) is 0 Å². The number of esters is 1. The Bertz CT molecular complexity index is 668. The number of ketones is 1. The van der Waals surface area contributed by atoms with Gasteiger partial charge < -0.3 is 14.2 Å². The summed E-state index contributed by atoms with van der Waals surface area (Å²) in [5, 5.41) is 0. The molecule has 21 heavy (non-hydrogen) atoms. The molecule has 1 aromatic rings. The third-order valence-electron chi connectivity index (χ3n) is 5.38. The fraction of sp³-hybridized carbons (Fsp3) is 0.500. The van der Waals surface area contributed by atoms with Crippen molar-refractivity contribution >= 4 is 11.8 Å². The van der Waals surface area contributed by atoms with Gasteiger partial charge in [0.2, 0.25) is 5.79 Å². The molecule has 1 aromatic carbocycles. The van der Waals surface area contributed by atoms with Crippen LogP contribution >= 0.6 is 0 Å². The Hall–Kier alpha value is -1.72. The Morgan fingerprint density at radius 2 is 2.00 bits per heavy atom. The highest BCUT2D eigenvalue weighted by Crippen LogP contribution is 2.75. The molecule has 110 valence electrons. The Labute approximate surface area is 122 Å². The molecule has 2 heterocycles. The minimum Gasteiger partial charge on any atom is -0.469 e. The zero-order valence-corrected chi connectivity index (χ0v) is 12.1. The Balaban J connectivity index is 1.92. The van der Waals surface area contributed by atoms with Crippen LogP contribution in [0.4, 0.5) is 0 Å². The Morgan fingerprint density at radius 1 is 1.29 bits per heavy atom. The molecule has 5 atom stereocenters. The summed E-state index contributed by atoms with van der Waals surface area (Å²) < 4.78 is 16.6. The van der Waals surface area contributed by atoms with Gasteiger partial charge in [-0.2, -0.15) is 0 Å². The van der Waals surface area contributed by atoms with Crippen LogP contribution in [-0.4, -0.2) is 32.1 Å². The lowest BCUT2D eigenvalue weighted by Gasteiger charge is -2.39. The van der Waals surface area contributed by atoms with Crippen LogP contribution < -0.4 is 0 Å². The van der Waals surface area contributed by atoms with E-state index < -0.39 is 17.3 Å². The van der Waals surface area contributed by atoms with Gasteiger partial charge in [-0.05, 0) is 6.92 Å². The molecule has 0 N–H and O–H groups in total. The predicted octanol–water partition coefficient (Wildman–Crippen LogP) is 1.51. The first kappa shape index (κ1) is 13.0.